The Balaban J connectivity index is 2.50. The average molecular weight is 293 g/mol. The van der Waals surface area contributed by atoms with Crippen molar-refractivity contribution in [2.24, 2.45) is 0 Å². The first kappa shape index (κ1) is 10.6. The molecule has 72 valence electrons. The zero-order chi connectivity index (χ0) is 9.68. The summed E-state index contributed by atoms with van der Waals surface area (Å²) in [6.07, 6.45) is 3.49. The molecule has 1 N–H and O–H groups in total. The first-order chi connectivity index (χ1) is 6.24. The topological polar surface area (TPSA) is 47.0 Å². The summed E-state index contributed by atoms with van der Waals surface area (Å²) in [6.45, 7) is 2.75. The van der Waals surface area contributed by atoms with Gasteiger partial charge < -0.3 is 10.1 Å². The van der Waals surface area contributed by atoms with Crippen LogP contribution in [0.4, 0.5) is 5.82 Å². The number of aromatic nitrogens is 2. The molecule has 4 nitrogen and oxygen atoms in total. The largest absolute Gasteiger partial charge is 0.380 e. The molecule has 0 radical (unpaired) electrons. The van der Waals surface area contributed by atoms with E-state index in [2.05, 4.69) is 37.9 Å². The molecule has 1 rings (SSSR count). The van der Waals surface area contributed by atoms with Crippen molar-refractivity contribution < 1.29 is 4.74 Å². The molecule has 0 aliphatic rings. The van der Waals surface area contributed by atoms with Crippen LogP contribution in [-0.2, 0) is 4.74 Å². The third-order valence-corrected chi connectivity index (χ3v) is 2.42. The van der Waals surface area contributed by atoms with Gasteiger partial charge >= 0.3 is 0 Å². The van der Waals surface area contributed by atoms with Crippen LogP contribution in [0.15, 0.2) is 12.5 Å². The highest BCUT2D eigenvalue weighted by molar-refractivity contribution is 14.1. The molecular weight excluding hydrogens is 281 g/mol. The molecule has 0 spiro atoms. The van der Waals surface area contributed by atoms with E-state index in [0.717, 1.165) is 15.9 Å². The van der Waals surface area contributed by atoms with Gasteiger partial charge in [-0.25, -0.2) is 9.97 Å². The lowest BCUT2D eigenvalue weighted by Gasteiger charge is -2.11. The molecule has 0 aromatic carbocycles. The SMILES string of the molecule is COC(C)CNc1ncncc1I. The van der Waals surface area contributed by atoms with Gasteiger partial charge in [0, 0.05) is 19.9 Å². The molecule has 13 heavy (non-hydrogen) atoms. The first-order valence-corrected chi connectivity index (χ1v) is 5.04. The second kappa shape index (κ2) is 5.33. The van der Waals surface area contributed by atoms with E-state index in [0.29, 0.717) is 0 Å². The molecule has 1 aromatic heterocycles. The molecule has 1 unspecified atom stereocenters. The Labute approximate surface area is 91.3 Å². The van der Waals surface area contributed by atoms with Gasteiger partial charge in [-0.05, 0) is 29.5 Å². The van der Waals surface area contributed by atoms with Crippen molar-refractivity contribution in [3.05, 3.63) is 16.1 Å². The summed E-state index contributed by atoms with van der Waals surface area (Å²) >= 11 is 2.19. The maximum absolute atomic E-state index is 5.10. The Bertz CT molecular complexity index is 269. The van der Waals surface area contributed by atoms with Crippen LogP contribution in [-0.4, -0.2) is 29.7 Å². The van der Waals surface area contributed by atoms with Crippen molar-refractivity contribution in [3.63, 3.8) is 0 Å². The molecule has 5 heteroatoms. The highest BCUT2D eigenvalue weighted by Gasteiger charge is 2.02. The molecule has 0 saturated heterocycles. The summed E-state index contributed by atoms with van der Waals surface area (Å²) < 4.78 is 6.12. The summed E-state index contributed by atoms with van der Waals surface area (Å²) in [5, 5.41) is 3.18. The number of anilines is 1. The van der Waals surface area contributed by atoms with E-state index in [1.54, 1.807) is 13.3 Å². The average Bonchev–Trinajstić information content (AvgIpc) is 2.16. The Hall–Kier alpha value is -0.430. The number of ether oxygens (including phenoxy) is 1. The van der Waals surface area contributed by atoms with E-state index in [1.165, 1.54) is 6.33 Å². The van der Waals surface area contributed by atoms with Crippen molar-refractivity contribution in [1.82, 2.24) is 9.97 Å². The van der Waals surface area contributed by atoms with Crippen molar-refractivity contribution in [3.8, 4) is 0 Å². The summed E-state index contributed by atoms with van der Waals surface area (Å²) in [6, 6.07) is 0. The minimum atomic E-state index is 0.186. The number of halogens is 1. The quantitative estimate of drug-likeness (QED) is 0.855. The second-order valence-electron chi connectivity index (χ2n) is 2.65. The lowest BCUT2D eigenvalue weighted by molar-refractivity contribution is 0.128. The second-order valence-corrected chi connectivity index (χ2v) is 3.81. The number of nitrogens with zero attached hydrogens (tertiary/aromatic N) is 2. The number of rotatable bonds is 4. The third-order valence-electron chi connectivity index (χ3n) is 1.63. The molecule has 1 heterocycles. The van der Waals surface area contributed by atoms with Crippen molar-refractivity contribution in [1.29, 1.82) is 0 Å². The van der Waals surface area contributed by atoms with Crippen LogP contribution in [0.25, 0.3) is 0 Å². The molecule has 0 amide bonds. The molecule has 0 bridgehead atoms. The summed E-state index contributed by atoms with van der Waals surface area (Å²) in [4.78, 5) is 8.00. The van der Waals surface area contributed by atoms with Gasteiger partial charge in [-0.1, -0.05) is 0 Å². The van der Waals surface area contributed by atoms with Gasteiger partial charge in [0.05, 0.1) is 9.67 Å². The molecule has 0 aliphatic carbocycles. The smallest absolute Gasteiger partial charge is 0.142 e. The minimum absolute atomic E-state index is 0.186. The first-order valence-electron chi connectivity index (χ1n) is 3.96. The Kier molecular flexibility index (Phi) is 4.37. The van der Waals surface area contributed by atoms with Crippen molar-refractivity contribution in [2.75, 3.05) is 19.0 Å². The Morgan fingerprint density at radius 3 is 3.08 bits per heavy atom. The van der Waals surface area contributed by atoms with E-state index in [1.807, 2.05) is 6.92 Å². The van der Waals surface area contributed by atoms with Gasteiger partial charge in [0.15, 0.2) is 0 Å². The lowest BCUT2D eigenvalue weighted by atomic mass is 10.4. The molecule has 0 saturated carbocycles. The maximum atomic E-state index is 5.10. The molecular formula is C8H12IN3O. The van der Waals surface area contributed by atoms with E-state index >= 15 is 0 Å². The van der Waals surface area contributed by atoms with Gasteiger partial charge in [-0.2, -0.15) is 0 Å². The van der Waals surface area contributed by atoms with E-state index in [4.69, 9.17) is 4.74 Å². The normalized spacial score (nSPS) is 12.5. The van der Waals surface area contributed by atoms with E-state index in [9.17, 15) is 0 Å². The van der Waals surface area contributed by atoms with Crippen LogP contribution in [0.2, 0.25) is 0 Å². The third kappa shape index (κ3) is 3.43. The van der Waals surface area contributed by atoms with Gasteiger partial charge in [-0.15, -0.1) is 0 Å². The zero-order valence-corrected chi connectivity index (χ0v) is 9.78. The molecule has 0 fully saturated rings. The van der Waals surface area contributed by atoms with Crippen molar-refractivity contribution in [2.45, 2.75) is 13.0 Å². The van der Waals surface area contributed by atoms with Crippen LogP contribution in [0.3, 0.4) is 0 Å². The fourth-order valence-electron chi connectivity index (χ4n) is 0.766. The minimum Gasteiger partial charge on any atom is -0.380 e. The molecule has 1 aromatic rings. The zero-order valence-electron chi connectivity index (χ0n) is 7.62. The number of hydrogen-bond donors (Lipinski definition) is 1. The number of methoxy groups -OCH3 is 1. The fraction of sp³-hybridized carbons (Fsp3) is 0.500. The molecule has 0 aliphatic heterocycles. The monoisotopic (exact) mass is 293 g/mol. The summed E-state index contributed by atoms with van der Waals surface area (Å²) in [5.41, 5.74) is 0. The molecule has 1 atom stereocenters. The van der Waals surface area contributed by atoms with Crippen LogP contribution < -0.4 is 5.32 Å². The predicted molar refractivity (Wildman–Crippen MR) is 59.7 cm³/mol. The Morgan fingerprint density at radius 1 is 1.69 bits per heavy atom. The van der Waals surface area contributed by atoms with E-state index in [-0.39, 0.29) is 6.10 Å². The Morgan fingerprint density at radius 2 is 2.46 bits per heavy atom. The fourth-order valence-corrected chi connectivity index (χ4v) is 1.26. The number of nitrogens with one attached hydrogen (secondary N) is 1. The summed E-state index contributed by atoms with van der Waals surface area (Å²) in [7, 11) is 1.69. The van der Waals surface area contributed by atoms with Crippen LogP contribution in [0.5, 0.6) is 0 Å². The maximum Gasteiger partial charge on any atom is 0.142 e. The van der Waals surface area contributed by atoms with Gasteiger partial charge in [0.1, 0.15) is 12.1 Å². The van der Waals surface area contributed by atoms with Crippen LogP contribution in [0.1, 0.15) is 6.92 Å². The van der Waals surface area contributed by atoms with Gasteiger partial charge in [0.2, 0.25) is 0 Å². The van der Waals surface area contributed by atoms with Crippen LogP contribution >= 0.6 is 22.6 Å². The van der Waals surface area contributed by atoms with E-state index < -0.39 is 0 Å². The predicted octanol–water partition coefficient (Wildman–Crippen LogP) is 1.53. The summed E-state index contributed by atoms with van der Waals surface area (Å²) in [5.74, 6) is 0.861. The van der Waals surface area contributed by atoms with Crippen molar-refractivity contribution >= 4 is 28.4 Å². The van der Waals surface area contributed by atoms with Gasteiger partial charge in [0.25, 0.3) is 0 Å². The highest BCUT2D eigenvalue weighted by Crippen LogP contribution is 2.11. The van der Waals surface area contributed by atoms with Crippen LogP contribution in [0, 0.1) is 3.57 Å². The standard InChI is InChI=1S/C8H12IN3O/c1-6(13-2)3-11-8-7(9)4-10-5-12-8/h4-6H,3H2,1-2H3,(H,10,11,12). The van der Waals surface area contributed by atoms with Gasteiger partial charge in [-0.3, -0.25) is 0 Å². The lowest BCUT2D eigenvalue weighted by Crippen LogP contribution is -2.19. The number of hydrogen-bond acceptors (Lipinski definition) is 4. The highest BCUT2D eigenvalue weighted by atomic mass is 127.